The Bertz CT molecular complexity index is 547. The molecule has 0 radical (unpaired) electrons. The first kappa shape index (κ1) is 18.6. The molecule has 6 nitrogen and oxygen atoms in total. The smallest absolute Gasteiger partial charge is 0.191 e. The molecule has 1 atom stereocenters. The quantitative estimate of drug-likeness (QED) is 0.593. The Morgan fingerprint density at radius 1 is 1.40 bits per heavy atom. The molecule has 0 spiro atoms. The zero-order valence-electron chi connectivity index (χ0n) is 15.5. The lowest BCUT2D eigenvalue weighted by molar-refractivity contribution is 0.150. The second kappa shape index (κ2) is 9.50. The van der Waals surface area contributed by atoms with Gasteiger partial charge in [-0.1, -0.05) is 0 Å². The molecule has 0 aromatic carbocycles. The number of aryl methyl sites for hydroxylation is 1. The summed E-state index contributed by atoms with van der Waals surface area (Å²) in [6.45, 7) is 8.41. The van der Waals surface area contributed by atoms with Crippen LogP contribution in [0.25, 0.3) is 0 Å². The van der Waals surface area contributed by atoms with Gasteiger partial charge in [-0.15, -0.1) is 11.3 Å². The topological polar surface area (TPSA) is 61.8 Å². The monoisotopic (exact) mass is 365 g/mol. The molecule has 2 aliphatic heterocycles. The van der Waals surface area contributed by atoms with Crippen LogP contribution in [0, 0.1) is 12.8 Å². The summed E-state index contributed by atoms with van der Waals surface area (Å²) in [5.41, 5.74) is 0. The second-order valence-electron chi connectivity index (χ2n) is 7.06. The lowest BCUT2D eigenvalue weighted by Gasteiger charge is -2.34. The molecular formula is C18H31N5OS. The number of nitrogens with zero attached hydrogens (tertiary/aromatic N) is 3. The van der Waals surface area contributed by atoms with Crippen LogP contribution in [0.15, 0.2) is 11.2 Å². The molecule has 0 amide bonds. The molecule has 7 heteroatoms. The van der Waals surface area contributed by atoms with Crippen LogP contribution in [0.2, 0.25) is 0 Å². The van der Waals surface area contributed by atoms with E-state index in [9.17, 15) is 0 Å². The Labute approximate surface area is 155 Å². The summed E-state index contributed by atoms with van der Waals surface area (Å²) in [7, 11) is 1.85. The first-order valence-electron chi connectivity index (χ1n) is 9.41. The van der Waals surface area contributed by atoms with Gasteiger partial charge >= 0.3 is 0 Å². The van der Waals surface area contributed by atoms with Gasteiger partial charge in [-0.25, -0.2) is 4.98 Å². The average molecular weight is 366 g/mol. The largest absolute Gasteiger partial charge is 0.381 e. The van der Waals surface area contributed by atoms with Gasteiger partial charge in [0, 0.05) is 63.4 Å². The summed E-state index contributed by atoms with van der Waals surface area (Å²) in [6, 6.07) is 0.518. The van der Waals surface area contributed by atoms with Crippen molar-refractivity contribution in [1.29, 1.82) is 0 Å². The molecule has 140 valence electrons. The van der Waals surface area contributed by atoms with Crippen molar-refractivity contribution in [3.05, 3.63) is 16.1 Å². The molecule has 0 aliphatic carbocycles. The van der Waals surface area contributed by atoms with Crippen molar-refractivity contribution in [3.8, 4) is 0 Å². The third kappa shape index (κ3) is 5.94. The molecule has 25 heavy (non-hydrogen) atoms. The molecule has 1 aromatic heterocycles. The van der Waals surface area contributed by atoms with Crippen molar-refractivity contribution in [2.45, 2.75) is 38.6 Å². The molecule has 2 fully saturated rings. The summed E-state index contributed by atoms with van der Waals surface area (Å²) in [4.78, 5) is 12.6. The van der Waals surface area contributed by atoms with Gasteiger partial charge in [-0.3, -0.25) is 4.99 Å². The molecule has 0 saturated carbocycles. The molecule has 1 aromatic rings. The van der Waals surface area contributed by atoms with Crippen molar-refractivity contribution in [2.75, 3.05) is 46.4 Å². The maximum Gasteiger partial charge on any atom is 0.191 e. The first-order valence-corrected chi connectivity index (χ1v) is 10.2. The van der Waals surface area contributed by atoms with Crippen molar-refractivity contribution < 1.29 is 4.74 Å². The number of likely N-dealkylation sites (tertiary alicyclic amines) is 1. The van der Waals surface area contributed by atoms with Crippen molar-refractivity contribution >= 4 is 17.3 Å². The third-order valence-electron chi connectivity index (χ3n) is 4.99. The van der Waals surface area contributed by atoms with Crippen LogP contribution >= 0.6 is 11.3 Å². The maximum absolute atomic E-state index is 5.49. The summed E-state index contributed by atoms with van der Waals surface area (Å²) < 4.78 is 5.49. The zero-order chi connectivity index (χ0) is 17.5. The minimum absolute atomic E-state index is 0.518. The molecular weight excluding hydrogens is 334 g/mol. The van der Waals surface area contributed by atoms with Gasteiger partial charge < -0.3 is 20.3 Å². The molecule has 1 unspecified atom stereocenters. The molecule has 2 aliphatic rings. The Kier molecular flexibility index (Phi) is 7.07. The Hall–Kier alpha value is -1.18. The molecule has 3 rings (SSSR count). The van der Waals surface area contributed by atoms with E-state index in [-0.39, 0.29) is 0 Å². The fraction of sp³-hybridized carbons (Fsp3) is 0.778. The summed E-state index contributed by atoms with van der Waals surface area (Å²) in [5.74, 6) is 1.66. The van der Waals surface area contributed by atoms with Gasteiger partial charge in [-0.2, -0.15) is 0 Å². The fourth-order valence-electron chi connectivity index (χ4n) is 3.55. The summed E-state index contributed by atoms with van der Waals surface area (Å²) in [6.07, 6.45) is 6.48. The van der Waals surface area contributed by atoms with E-state index < -0.39 is 0 Å². The minimum atomic E-state index is 0.518. The van der Waals surface area contributed by atoms with Gasteiger partial charge in [0.25, 0.3) is 0 Å². The summed E-state index contributed by atoms with van der Waals surface area (Å²) in [5, 5.41) is 8.19. The first-order chi connectivity index (χ1) is 12.2. The second-order valence-corrected chi connectivity index (χ2v) is 8.38. The molecule has 2 N–H and O–H groups in total. The van der Waals surface area contributed by atoms with E-state index >= 15 is 0 Å². The SMILES string of the molecule is CN=C(NCCc1ncc(C)s1)NC1CCN(CC2CCOC2)CC1. The highest BCUT2D eigenvalue weighted by molar-refractivity contribution is 7.11. The number of piperidine rings is 1. The highest BCUT2D eigenvalue weighted by Gasteiger charge is 2.24. The normalized spacial score (nSPS) is 23.1. The third-order valence-corrected chi connectivity index (χ3v) is 5.97. The highest BCUT2D eigenvalue weighted by Crippen LogP contribution is 2.17. The van der Waals surface area contributed by atoms with E-state index in [0.29, 0.717) is 6.04 Å². The van der Waals surface area contributed by atoms with Gasteiger partial charge in [0.1, 0.15) is 0 Å². The van der Waals surface area contributed by atoms with Crippen LogP contribution in [0.1, 0.15) is 29.1 Å². The van der Waals surface area contributed by atoms with E-state index in [1.54, 1.807) is 11.3 Å². The number of rotatable bonds is 6. The van der Waals surface area contributed by atoms with Crippen LogP contribution in [0.3, 0.4) is 0 Å². The van der Waals surface area contributed by atoms with Crippen LogP contribution in [-0.4, -0.2) is 68.3 Å². The number of hydrogen-bond acceptors (Lipinski definition) is 5. The lowest BCUT2D eigenvalue weighted by atomic mass is 10.0. The maximum atomic E-state index is 5.49. The van der Waals surface area contributed by atoms with E-state index in [2.05, 4.69) is 32.4 Å². The Morgan fingerprint density at radius 2 is 2.24 bits per heavy atom. The van der Waals surface area contributed by atoms with Gasteiger partial charge in [0.05, 0.1) is 11.6 Å². The number of aromatic nitrogens is 1. The van der Waals surface area contributed by atoms with E-state index in [4.69, 9.17) is 4.74 Å². The minimum Gasteiger partial charge on any atom is -0.381 e. The highest BCUT2D eigenvalue weighted by atomic mass is 32.1. The standard InChI is InChI=1S/C18H31N5OS/c1-14-11-21-17(25-14)3-7-20-18(19-2)22-16-4-8-23(9-5-16)12-15-6-10-24-13-15/h11,15-16H,3-10,12-13H2,1-2H3,(H2,19,20,22). The number of ether oxygens (including phenoxy) is 1. The van der Waals surface area contributed by atoms with Crippen LogP contribution in [-0.2, 0) is 11.2 Å². The van der Waals surface area contributed by atoms with Crippen LogP contribution < -0.4 is 10.6 Å². The zero-order valence-corrected chi connectivity index (χ0v) is 16.3. The predicted octanol–water partition coefficient (Wildman–Crippen LogP) is 1.66. The van der Waals surface area contributed by atoms with Crippen LogP contribution in [0.5, 0.6) is 0 Å². The van der Waals surface area contributed by atoms with Crippen LogP contribution in [0.4, 0.5) is 0 Å². The van der Waals surface area contributed by atoms with E-state index in [1.807, 2.05) is 13.2 Å². The van der Waals surface area contributed by atoms with Crippen molar-refractivity contribution in [3.63, 3.8) is 0 Å². The molecule has 2 saturated heterocycles. The summed E-state index contributed by atoms with van der Waals surface area (Å²) >= 11 is 1.77. The lowest BCUT2D eigenvalue weighted by Crippen LogP contribution is -2.49. The Balaban J connectivity index is 1.33. The number of hydrogen-bond donors (Lipinski definition) is 2. The van der Waals surface area contributed by atoms with E-state index in [1.165, 1.54) is 48.8 Å². The number of aliphatic imine (C=N–C) groups is 1. The number of nitrogens with one attached hydrogen (secondary N) is 2. The fourth-order valence-corrected chi connectivity index (χ4v) is 4.33. The number of thiazole rings is 1. The van der Waals surface area contributed by atoms with Gasteiger partial charge in [0.15, 0.2) is 5.96 Å². The van der Waals surface area contributed by atoms with Crippen molar-refractivity contribution in [1.82, 2.24) is 20.5 Å². The molecule has 3 heterocycles. The Morgan fingerprint density at radius 3 is 2.88 bits per heavy atom. The number of guanidine groups is 1. The van der Waals surface area contributed by atoms with Gasteiger partial charge in [0.2, 0.25) is 0 Å². The average Bonchev–Trinajstić information content (AvgIpc) is 3.27. The van der Waals surface area contributed by atoms with E-state index in [0.717, 1.165) is 38.1 Å². The van der Waals surface area contributed by atoms with Gasteiger partial charge in [-0.05, 0) is 32.1 Å². The van der Waals surface area contributed by atoms with Crippen molar-refractivity contribution in [2.24, 2.45) is 10.9 Å². The molecule has 0 bridgehead atoms. The predicted molar refractivity (Wildman–Crippen MR) is 103 cm³/mol.